The summed E-state index contributed by atoms with van der Waals surface area (Å²) in [7, 11) is 0. The van der Waals surface area contributed by atoms with Crippen LogP contribution in [0.15, 0.2) is 41.5 Å². The summed E-state index contributed by atoms with van der Waals surface area (Å²) in [6, 6.07) is 12.6. The third kappa shape index (κ3) is 3.76. The maximum Gasteiger partial charge on any atom is 0.243 e. The van der Waals surface area contributed by atoms with Crippen molar-refractivity contribution in [1.82, 2.24) is 14.5 Å². The molecule has 0 radical (unpaired) electrons. The molecule has 0 amide bonds. The van der Waals surface area contributed by atoms with Gasteiger partial charge in [-0.3, -0.25) is 0 Å². The first-order valence-electron chi connectivity index (χ1n) is 8.31. The maximum atomic E-state index is 4.33. The van der Waals surface area contributed by atoms with Gasteiger partial charge in [-0.05, 0) is 64.4 Å². The first kappa shape index (κ1) is 16.9. The monoisotopic (exact) mass is 333 g/mol. The number of aromatic nitrogens is 3. The lowest BCUT2D eigenvalue weighted by molar-refractivity contribution is 0.962. The summed E-state index contributed by atoms with van der Waals surface area (Å²) < 4.78 is 2.24. The molecule has 0 aliphatic carbocycles. The van der Waals surface area contributed by atoms with E-state index in [2.05, 4.69) is 76.2 Å². The van der Waals surface area contributed by atoms with Gasteiger partial charge in [0, 0.05) is 34.0 Å². The number of hydrogen-bond acceptors (Lipinski definition) is 4. The summed E-state index contributed by atoms with van der Waals surface area (Å²) in [6.07, 6.45) is 1.82. The van der Waals surface area contributed by atoms with E-state index in [-0.39, 0.29) is 0 Å². The van der Waals surface area contributed by atoms with Crippen molar-refractivity contribution < 1.29 is 0 Å². The second kappa shape index (κ2) is 6.89. The topological polar surface area (TPSA) is 55.1 Å². The first-order chi connectivity index (χ1) is 11.9. The van der Waals surface area contributed by atoms with Crippen molar-refractivity contribution in [3.63, 3.8) is 0 Å². The molecule has 0 fully saturated rings. The molecule has 0 spiro atoms. The number of benzene rings is 1. The van der Waals surface area contributed by atoms with Crippen LogP contribution in [-0.2, 0) is 0 Å². The van der Waals surface area contributed by atoms with Gasteiger partial charge in [0.25, 0.3) is 0 Å². The molecule has 0 bridgehead atoms. The second-order valence-electron chi connectivity index (χ2n) is 6.35. The summed E-state index contributed by atoms with van der Waals surface area (Å²) in [5.74, 6) is 0.515. The first-order valence-corrected chi connectivity index (χ1v) is 8.31. The largest absolute Gasteiger partial charge is 0.318 e. The number of rotatable bonds is 4. The second-order valence-corrected chi connectivity index (χ2v) is 6.35. The smallest absolute Gasteiger partial charge is 0.243 e. The third-order valence-corrected chi connectivity index (χ3v) is 4.08. The Balaban J connectivity index is 1.85. The maximum absolute atomic E-state index is 4.33. The number of nitrogens with one attached hydrogen (secondary N) is 1. The molecule has 0 aliphatic rings. The van der Waals surface area contributed by atoms with Crippen molar-refractivity contribution in [2.45, 2.75) is 34.6 Å². The van der Waals surface area contributed by atoms with Crippen LogP contribution in [0.4, 0.5) is 5.95 Å². The van der Waals surface area contributed by atoms with Crippen molar-refractivity contribution in [2.24, 2.45) is 5.10 Å². The highest BCUT2D eigenvalue weighted by Gasteiger charge is 2.09. The van der Waals surface area contributed by atoms with Gasteiger partial charge in [0.05, 0.1) is 6.21 Å². The van der Waals surface area contributed by atoms with Gasteiger partial charge in [0.15, 0.2) is 0 Å². The molecule has 3 aromatic rings. The molecule has 2 aromatic heterocycles. The number of aryl methyl sites for hydroxylation is 4. The molecule has 5 heteroatoms. The molecule has 0 unspecified atom stereocenters. The predicted octanol–water partition coefficient (Wildman–Crippen LogP) is 4.26. The molecular formula is C20H23N5. The van der Waals surface area contributed by atoms with Crippen molar-refractivity contribution in [3.8, 4) is 5.69 Å². The van der Waals surface area contributed by atoms with Gasteiger partial charge in [-0.15, -0.1) is 0 Å². The van der Waals surface area contributed by atoms with E-state index in [0.29, 0.717) is 5.95 Å². The van der Waals surface area contributed by atoms with Gasteiger partial charge < -0.3 is 4.57 Å². The Bertz CT molecular complexity index is 917. The molecule has 1 N–H and O–H groups in total. The Hall–Kier alpha value is -2.95. The van der Waals surface area contributed by atoms with Crippen molar-refractivity contribution in [2.75, 3.05) is 5.43 Å². The lowest BCUT2D eigenvalue weighted by atomic mass is 10.2. The third-order valence-electron chi connectivity index (χ3n) is 4.08. The molecule has 5 nitrogen and oxygen atoms in total. The van der Waals surface area contributed by atoms with Crippen LogP contribution in [0.3, 0.4) is 0 Å². The predicted molar refractivity (Wildman–Crippen MR) is 103 cm³/mol. The molecule has 25 heavy (non-hydrogen) atoms. The summed E-state index contributed by atoms with van der Waals surface area (Å²) in [6.45, 7) is 10.2. The Morgan fingerprint density at radius 1 is 0.960 bits per heavy atom. The summed E-state index contributed by atoms with van der Waals surface area (Å²) >= 11 is 0. The zero-order valence-corrected chi connectivity index (χ0v) is 15.3. The normalized spacial score (nSPS) is 11.2. The number of hydrogen-bond donors (Lipinski definition) is 1. The molecule has 0 aliphatic heterocycles. The van der Waals surface area contributed by atoms with Crippen molar-refractivity contribution in [3.05, 3.63) is 70.3 Å². The van der Waals surface area contributed by atoms with Crippen molar-refractivity contribution >= 4 is 12.2 Å². The minimum Gasteiger partial charge on any atom is -0.318 e. The van der Waals surface area contributed by atoms with Crippen LogP contribution in [0.1, 0.15) is 33.9 Å². The molecule has 0 atom stereocenters. The van der Waals surface area contributed by atoms with Gasteiger partial charge in [-0.2, -0.15) is 5.10 Å². The van der Waals surface area contributed by atoms with E-state index < -0.39 is 0 Å². The molecular weight excluding hydrogens is 310 g/mol. The summed E-state index contributed by atoms with van der Waals surface area (Å²) in [4.78, 5) is 8.65. The van der Waals surface area contributed by atoms with Crippen LogP contribution in [0.25, 0.3) is 5.69 Å². The quantitative estimate of drug-likeness (QED) is 0.573. The van der Waals surface area contributed by atoms with Crippen LogP contribution < -0.4 is 5.43 Å². The fourth-order valence-corrected chi connectivity index (χ4v) is 3.02. The lowest BCUT2D eigenvalue weighted by Crippen LogP contribution is -2.01. The molecule has 1 aromatic carbocycles. The van der Waals surface area contributed by atoms with Crippen LogP contribution in [-0.4, -0.2) is 20.7 Å². The minimum absolute atomic E-state index is 0.515. The van der Waals surface area contributed by atoms with E-state index in [1.54, 1.807) is 0 Å². The highest BCUT2D eigenvalue weighted by Crippen LogP contribution is 2.20. The van der Waals surface area contributed by atoms with Gasteiger partial charge in [-0.25, -0.2) is 15.4 Å². The number of hydrazone groups is 1. The zero-order chi connectivity index (χ0) is 18.0. The fraction of sp³-hybridized carbons (Fsp3) is 0.250. The van der Waals surface area contributed by atoms with Crippen LogP contribution in [0.5, 0.6) is 0 Å². The Morgan fingerprint density at radius 3 is 2.36 bits per heavy atom. The number of nitrogens with zero attached hydrogens (tertiary/aromatic N) is 4. The lowest BCUT2D eigenvalue weighted by Gasteiger charge is -2.10. The highest BCUT2D eigenvalue weighted by molar-refractivity contribution is 5.82. The zero-order valence-electron chi connectivity index (χ0n) is 15.3. The van der Waals surface area contributed by atoms with E-state index in [4.69, 9.17) is 0 Å². The highest BCUT2D eigenvalue weighted by atomic mass is 15.3. The summed E-state index contributed by atoms with van der Waals surface area (Å²) in [5.41, 5.74) is 10.6. The van der Waals surface area contributed by atoms with E-state index in [1.165, 1.54) is 16.9 Å². The molecule has 2 heterocycles. The fourth-order valence-electron chi connectivity index (χ4n) is 3.02. The number of anilines is 1. The molecule has 3 rings (SSSR count). The van der Waals surface area contributed by atoms with E-state index in [1.807, 2.05) is 26.1 Å². The van der Waals surface area contributed by atoms with Crippen LogP contribution in [0.2, 0.25) is 0 Å². The van der Waals surface area contributed by atoms with Gasteiger partial charge in [-0.1, -0.05) is 12.1 Å². The van der Waals surface area contributed by atoms with Crippen LogP contribution >= 0.6 is 0 Å². The van der Waals surface area contributed by atoms with E-state index >= 15 is 0 Å². The van der Waals surface area contributed by atoms with E-state index in [9.17, 15) is 0 Å². The molecule has 0 saturated carbocycles. The van der Waals surface area contributed by atoms with Gasteiger partial charge in [0.2, 0.25) is 5.95 Å². The summed E-state index contributed by atoms with van der Waals surface area (Å²) in [5, 5.41) is 4.31. The molecule has 0 saturated heterocycles. The Kier molecular flexibility index (Phi) is 4.65. The van der Waals surface area contributed by atoms with Gasteiger partial charge >= 0.3 is 0 Å². The minimum atomic E-state index is 0.515. The Morgan fingerprint density at radius 2 is 1.68 bits per heavy atom. The Labute approximate surface area is 148 Å². The molecule has 128 valence electrons. The standard InChI is InChI=1S/C20H23N5/c1-13-7-6-8-19(9-13)25-16(4)11-18(17(25)5)12-21-24-20-22-14(2)10-15(3)23-20/h6-12H,1-5H3,(H,22,23,24)/b21-12+. The van der Waals surface area contributed by atoms with E-state index in [0.717, 1.165) is 22.6 Å². The van der Waals surface area contributed by atoms with Gasteiger partial charge in [0.1, 0.15) is 0 Å². The SMILES string of the molecule is Cc1cccc(-n2c(C)cc(/C=N/Nc3nc(C)cc(C)n3)c2C)c1. The van der Waals surface area contributed by atoms with Crippen molar-refractivity contribution in [1.29, 1.82) is 0 Å². The average molecular weight is 333 g/mol. The average Bonchev–Trinajstić information content (AvgIpc) is 2.80. The van der Waals surface area contributed by atoms with Crippen LogP contribution in [0, 0.1) is 34.6 Å².